The van der Waals surface area contributed by atoms with Gasteiger partial charge in [-0.05, 0) is 13.0 Å². The van der Waals surface area contributed by atoms with Gasteiger partial charge in [-0.2, -0.15) is 8.78 Å². The van der Waals surface area contributed by atoms with Crippen molar-refractivity contribution in [2.75, 3.05) is 6.61 Å². The molecule has 3 nitrogen and oxygen atoms in total. The van der Waals surface area contributed by atoms with Gasteiger partial charge in [-0.15, -0.1) is 0 Å². The number of halogens is 3. The molecule has 0 saturated heterocycles. The standard InChI is InChI=1S/C11H11F3O3/c1-2-16-9(15)6-7-4-3-5-8(12)10(7)17-11(13)14/h3-5,11H,2,6H2,1H3. The number of hydrogen-bond donors (Lipinski definition) is 0. The molecule has 0 aliphatic heterocycles. The van der Waals surface area contributed by atoms with Gasteiger partial charge in [-0.3, -0.25) is 4.79 Å². The average molecular weight is 248 g/mol. The third-order valence-corrected chi connectivity index (χ3v) is 1.90. The number of esters is 1. The van der Waals surface area contributed by atoms with Crippen LogP contribution in [0.2, 0.25) is 0 Å². The Morgan fingerprint density at radius 1 is 1.41 bits per heavy atom. The summed E-state index contributed by atoms with van der Waals surface area (Å²) in [7, 11) is 0. The highest BCUT2D eigenvalue weighted by Gasteiger charge is 2.17. The maximum atomic E-state index is 13.2. The molecule has 1 rings (SSSR count). The molecule has 0 atom stereocenters. The Labute approximate surface area is 96.1 Å². The second kappa shape index (κ2) is 6.12. The van der Waals surface area contributed by atoms with E-state index in [2.05, 4.69) is 9.47 Å². The summed E-state index contributed by atoms with van der Waals surface area (Å²) in [5, 5.41) is 0. The van der Waals surface area contributed by atoms with Crippen molar-refractivity contribution in [2.45, 2.75) is 20.0 Å². The van der Waals surface area contributed by atoms with Crippen molar-refractivity contribution in [2.24, 2.45) is 0 Å². The zero-order chi connectivity index (χ0) is 12.8. The quantitative estimate of drug-likeness (QED) is 0.751. The minimum absolute atomic E-state index is 0.0313. The van der Waals surface area contributed by atoms with E-state index in [0.717, 1.165) is 6.07 Å². The van der Waals surface area contributed by atoms with Crippen molar-refractivity contribution in [3.8, 4) is 5.75 Å². The van der Waals surface area contributed by atoms with E-state index in [9.17, 15) is 18.0 Å². The van der Waals surface area contributed by atoms with E-state index in [1.807, 2.05) is 0 Å². The topological polar surface area (TPSA) is 35.5 Å². The number of alkyl halides is 2. The predicted molar refractivity (Wildman–Crippen MR) is 53.4 cm³/mol. The molecular formula is C11H11F3O3. The fourth-order valence-corrected chi connectivity index (χ4v) is 1.28. The van der Waals surface area contributed by atoms with Gasteiger partial charge in [0.15, 0.2) is 11.6 Å². The second-order valence-corrected chi connectivity index (χ2v) is 3.09. The van der Waals surface area contributed by atoms with Crippen molar-refractivity contribution in [1.29, 1.82) is 0 Å². The van der Waals surface area contributed by atoms with Crippen molar-refractivity contribution in [3.63, 3.8) is 0 Å². The fourth-order valence-electron chi connectivity index (χ4n) is 1.28. The van der Waals surface area contributed by atoms with E-state index < -0.39 is 24.1 Å². The predicted octanol–water partition coefficient (Wildman–Crippen LogP) is 2.53. The molecule has 0 N–H and O–H groups in total. The lowest BCUT2D eigenvalue weighted by Crippen LogP contribution is -2.11. The molecule has 1 aromatic carbocycles. The van der Waals surface area contributed by atoms with Gasteiger partial charge in [-0.1, -0.05) is 12.1 Å². The summed E-state index contributed by atoms with van der Waals surface area (Å²) in [5.41, 5.74) is 0.0313. The van der Waals surface area contributed by atoms with E-state index >= 15 is 0 Å². The van der Waals surface area contributed by atoms with Gasteiger partial charge < -0.3 is 9.47 Å². The van der Waals surface area contributed by atoms with Gasteiger partial charge >= 0.3 is 12.6 Å². The van der Waals surface area contributed by atoms with E-state index in [0.29, 0.717) is 0 Å². The number of para-hydroxylation sites is 1. The molecule has 94 valence electrons. The smallest absolute Gasteiger partial charge is 0.387 e. The number of benzene rings is 1. The maximum absolute atomic E-state index is 13.2. The maximum Gasteiger partial charge on any atom is 0.387 e. The second-order valence-electron chi connectivity index (χ2n) is 3.09. The highest BCUT2D eigenvalue weighted by Crippen LogP contribution is 2.25. The first-order chi connectivity index (χ1) is 8.04. The first-order valence-electron chi connectivity index (χ1n) is 4.92. The molecule has 0 fully saturated rings. The van der Waals surface area contributed by atoms with Gasteiger partial charge in [0.2, 0.25) is 0 Å². The molecule has 0 amide bonds. The zero-order valence-corrected chi connectivity index (χ0v) is 9.08. The number of ether oxygens (including phenoxy) is 2. The Morgan fingerprint density at radius 2 is 2.12 bits per heavy atom. The molecule has 0 unspecified atom stereocenters. The molecular weight excluding hydrogens is 237 g/mol. The van der Waals surface area contributed by atoms with Crippen LogP contribution in [0.15, 0.2) is 18.2 Å². The van der Waals surface area contributed by atoms with Crippen molar-refractivity contribution in [1.82, 2.24) is 0 Å². The lowest BCUT2D eigenvalue weighted by Gasteiger charge is -2.10. The summed E-state index contributed by atoms with van der Waals surface area (Å²) < 4.78 is 46.0. The monoisotopic (exact) mass is 248 g/mol. The molecule has 6 heteroatoms. The largest absolute Gasteiger partial charge is 0.466 e. The van der Waals surface area contributed by atoms with Crippen LogP contribution in [-0.2, 0) is 16.0 Å². The van der Waals surface area contributed by atoms with E-state index in [-0.39, 0.29) is 18.6 Å². The van der Waals surface area contributed by atoms with Crippen molar-refractivity contribution in [3.05, 3.63) is 29.6 Å². The van der Waals surface area contributed by atoms with Crippen LogP contribution in [0.5, 0.6) is 5.75 Å². The van der Waals surface area contributed by atoms with Gasteiger partial charge in [0, 0.05) is 5.56 Å². The van der Waals surface area contributed by atoms with E-state index in [1.165, 1.54) is 12.1 Å². The van der Waals surface area contributed by atoms with Gasteiger partial charge in [0.1, 0.15) is 0 Å². The SMILES string of the molecule is CCOC(=O)Cc1cccc(F)c1OC(F)F. The Kier molecular flexibility index (Phi) is 4.81. The third kappa shape index (κ3) is 3.97. The minimum Gasteiger partial charge on any atom is -0.466 e. The summed E-state index contributed by atoms with van der Waals surface area (Å²) in [5.74, 6) is -2.18. The molecule has 0 spiro atoms. The first kappa shape index (κ1) is 13.3. The van der Waals surface area contributed by atoms with E-state index in [1.54, 1.807) is 6.92 Å². The molecule has 0 aliphatic rings. The lowest BCUT2D eigenvalue weighted by molar-refractivity contribution is -0.142. The highest BCUT2D eigenvalue weighted by atomic mass is 19.3. The number of carbonyl (C=O) groups is 1. The Balaban J connectivity index is 2.90. The van der Waals surface area contributed by atoms with Crippen LogP contribution in [0.3, 0.4) is 0 Å². The van der Waals surface area contributed by atoms with Gasteiger partial charge in [0.05, 0.1) is 13.0 Å². The Hall–Kier alpha value is -1.72. The average Bonchev–Trinajstić information content (AvgIpc) is 2.23. The van der Waals surface area contributed by atoms with Crippen LogP contribution in [0.1, 0.15) is 12.5 Å². The van der Waals surface area contributed by atoms with Gasteiger partial charge in [0.25, 0.3) is 0 Å². The molecule has 0 saturated carbocycles. The van der Waals surface area contributed by atoms with Crippen LogP contribution in [0, 0.1) is 5.82 Å². The summed E-state index contributed by atoms with van der Waals surface area (Å²) >= 11 is 0. The zero-order valence-electron chi connectivity index (χ0n) is 9.08. The van der Waals surface area contributed by atoms with Crippen LogP contribution < -0.4 is 4.74 Å². The van der Waals surface area contributed by atoms with Gasteiger partial charge in [-0.25, -0.2) is 4.39 Å². The summed E-state index contributed by atoms with van der Waals surface area (Å²) in [6.45, 7) is -1.37. The molecule has 17 heavy (non-hydrogen) atoms. The fraction of sp³-hybridized carbons (Fsp3) is 0.364. The molecule has 0 heterocycles. The summed E-state index contributed by atoms with van der Waals surface area (Å²) in [4.78, 5) is 11.2. The van der Waals surface area contributed by atoms with Crippen LogP contribution >= 0.6 is 0 Å². The van der Waals surface area contributed by atoms with Crippen LogP contribution in [-0.4, -0.2) is 19.2 Å². The van der Waals surface area contributed by atoms with Crippen molar-refractivity contribution >= 4 is 5.97 Å². The lowest BCUT2D eigenvalue weighted by atomic mass is 10.1. The molecule has 0 bridgehead atoms. The van der Waals surface area contributed by atoms with Crippen LogP contribution in [0.25, 0.3) is 0 Å². The number of carbonyl (C=O) groups excluding carboxylic acids is 1. The van der Waals surface area contributed by atoms with Crippen LogP contribution in [0.4, 0.5) is 13.2 Å². The third-order valence-electron chi connectivity index (χ3n) is 1.90. The van der Waals surface area contributed by atoms with E-state index in [4.69, 9.17) is 0 Å². The number of hydrogen-bond acceptors (Lipinski definition) is 3. The molecule has 0 aromatic heterocycles. The summed E-state index contributed by atoms with van der Waals surface area (Å²) in [6, 6.07) is 3.62. The molecule has 0 aliphatic carbocycles. The molecule has 1 aromatic rings. The van der Waals surface area contributed by atoms with Crippen molar-refractivity contribution < 1.29 is 27.4 Å². The highest BCUT2D eigenvalue weighted by molar-refractivity contribution is 5.73. The normalized spacial score (nSPS) is 10.4. The molecule has 0 radical (unpaired) electrons. The Bertz CT molecular complexity index is 394. The minimum atomic E-state index is -3.15. The Morgan fingerprint density at radius 3 is 2.71 bits per heavy atom. The number of rotatable bonds is 5. The summed E-state index contributed by atoms with van der Waals surface area (Å²) in [6.07, 6.45) is -0.312. The first-order valence-corrected chi connectivity index (χ1v) is 4.92.